The summed E-state index contributed by atoms with van der Waals surface area (Å²) in [5.74, 6) is -0.175. The van der Waals surface area contributed by atoms with Crippen LogP contribution in [0.5, 0.6) is 0 Å². The highest BCUT2D eigenvalue weighted by Gasteiger charge is 2.15. The molecule has 4 rings (SSSR count). The molecule has 0 N–H and O–H groups in total. The van der Waals surface area contributed by atoms with Crippen molar-refractivity contribution in [3.63, 3.8) is 0 Å². The second-order valence-corrected chi connectivity index (χ2v) is 10.6. The van der Waals surface area contributed by atoms with Crippen LogP contribution in [0.25, 0.3) is 27.9 Å². The van der Waals surface area contributed by atoms with E-state index in [1.165, 1.54) is 5.56 Å². The molecule has 0 amide bonds. The Bertz CT molecular complexity index is 1360. The monoisotopic (exact) mass is 510 g/mol. The molecule has 0 saturated heterocycles. The summed E-state index contributed by atoms with van der Waals surface area (Å²) >= 11 is 0. The van der Waals surface area contributed by atoms with Gasteiger partial charge in [0.1, 0.15) is 5.82 Å². The Morgan fingerprint density at radius 2 is 1.45 bits per heavy atom. The minimum absolute atomic E-state index is 0.106. The first-order chi connectivity index (χ1) is 18.1. The number of hydrogen-bond donors (Lipinski definition) is 0. The minimum atomic E-state index is -0.175. The summed E-state index contributed by atoms with van der Waals surface area (Å²) in [6, 6.07) is 19.9. The maximum Gasteiger partial charge on any atom is 0.123 e. The number of aryl methyl sites for hydroxylation is 3. The number of benzene rings is 3. The summed E-state index contributed by atoms with van der Waals surface area (Å²) in [6.07, 6.45) is 2.22. The molecular formula is C35H43FN2. The fourth-order valence-corrected chi connectivity index (χ4v) is 4.31. The third-order valence-electron chi connectivity index (χ3n) is 5.96. The van der Waals surface area contributed by atoms with Crippen molar-refractivity contribution in [3.8, 4) is 11.3 Å². The predicted octanol–water partition coefficient (Wildman–Crippen LogP) is 9.98. The molecule has 38 heavy (non-hydrogen) atoms. The minimum Gasteiger partial charge on any atom is -0.249 e. The van der Waals surface area contributed by atoms with Crippen LogP contribution >= 0.6 is 0 Å². The van der Waals surface area contributed by atoms with Crippen LogP contribution in [0.2, 0.25) is 0 Å². The summed E-state index contributed by atoms with van der Waals surface area (Å²) < 4.78 is 14.4. The SMILES string of the molecule is C=C.C=C(C)c1ccc2nc(-c3ccc(C)cc3)c(CCc3cc(F)cc(CC(C)(C)C)c3)nc2c1.CC. The van der Waals surface area contributed by atoms with E-state index in [-0.39, 0.29) is 11.2 Å². The van der Waals surface area contributed by atoms with Gasteiger partial charge in [0, 0.05) is 5.56 Å². The number of allylic oxidation sites excluding steroid dienone is 1. The maximum atomic E-state index is 14.4. The largest absolute Gasteiger partial charge is 0.249 e. The van der Waals surface area contributed by atoms with Gasteiger partial charge in [0.15, 0.2) is 0 Å². The van der Waals surface area contributed by atoms with Crippen LogP contribution in [-0.2, 0) is 19.3 Å². The van der Waals surface area contributed by atoms with Gasteiger partial charge in [-0.05, 0) is 79.5 Å². The van der Waals surface area contributed by atoms with Crippen molar-refractivity contribution in [1.29, 1.82) is 0 Å². The van der Waals surface area contributed by atoms with Crippen molar-refractivity contribution in [2.45, 2.75) is 67.7 Å². The molecule has 0 spiro atoms. The van der Waals surface area contributed by atoms with E-state index in [0.29, 0.717) is 12.8 Å². The van der Waals surface area contributed by atoms with E-state index < -0.39 is 0 Å². The molecule has 3 aromatic carbocycles. The van der Waals surface area contributed by atoms with E-state index in [0.717, 1.165) is 56.7 Å². The molecule has 4 aromatic rings. The zero-order chi connectivity index (χ0) is 28.5. The normalized spacial score (nSPS) is 10.7. The Balaban J connectivity index is 0.00000121. The highest BCUT2D eigenvalue weighted by molar-refractivity contribution is 5.82. The van der Waals surface area contributed by atoms with Crippen LogP contribution in [0.1, 0.15) is 69.5 Å². The molecule has 0 bridgehead atoms. The van der Waals surface area contributed by atoms with Gasteiger partial charge in [0.2, 0.25) is 0 Å². The standard InChI is InChI=1S/C31H33FN2.C2H6.C2H4/c1-20(2)25-12-14-27-29(18-25)33-28(30(34-27)24-10-7-21(3)8-11-24)13-9-22-15-23(17-26(32)16-22)19-31(4,5)6;2*1-2/h7-8,10-12,14-18H,1,9,13,19H2,2-6H3;1-2H3;1-2H2. The van der Waals surface area contributed by atoms with Gasteiger partial charge in [-0.1, -0.05) is 88.7 Å². The average molecular weight is 511 g/mol. The Hall–Kier alpha value is -3.59. The van der Waals surface area contributed by atoms with Gasteiger partial charge in [0.05, 0.1) is 22.4 Å². The quantitative estimate of drug-likeness (QED) is 0.241. The van der Waals surface area contributed by atoms with Gasteiger partial charge in [0.25, 0.3) is 0 Å². The van der Waals surface area contributed by atoms with Crippen LogP contribution in [0.3, 0.4) is 0 Å². The molecular weight excluding hydrogens is 467 g/mol. The molecule has 2 nitrogen and oxygen atoms in total. The lowest BCUT2D eigenvalue weighted by molar-refractivity contribution is 0.410. The third kappa shape index (κ3) is 8.48. The van der Waals surface area contributed by atoms with Crippen molar-refractivity contribution >= 4 is 16.6 Å². The number of aromatic nitrogens is 2. The molecule has 1 aromatic heterocycles. The fraction of sp³-hybridized carbons (Fsp3) is 0.314. The molecule has 0 saturated carbocycles. The second-order valence-electron chi connectivity index (χ2n) is 10.6. The molecule has 1 heterocycles. The summed E-state index contributed by atoms with van der Waals surface area (Å²) in [5.41, 5.74) is 9.99. The van der Waals surface area contributed by atoms with Crippen molar-refractivity contribution in [2.24, 2.45) is 5.41 Å². The van der Waals surface area contributed by atoms with E-state index in [4.69, 9.17) is 9.97 Å². The lowest BCUT2D eigenvalue weighted by atomic mass is 9.87. The zero-order valence-electron chi connectivity index (χ0n) is 24.3. The topological polar surface area (TPSA) is 25.8 Å². The Morgan fingerprint density at radius 3 is 2.05 bits per heavy atom. The smallest absolute Gasteiger partial charge is 0.123 e. The molecule has 200 valence electrons. The van der Waals surface area contributed by atoms with E-state index in [9.17, 15) is 4.39 Å². The number of hydrogen-bond acceptors (Lipinski definition) is 2. The van der Waals surface area contributed by atoms with E-state index in [2.05, 4.69) is 83.8 Å². The van der Waals surface area contributed by atoms with Crippen LogP contribution in [0, 0.1) is 18.2 Å². The van der Waals surface area contributed by atoms with E-state index >= 15 is 0 Å². The molecule has 0 radical (unpaired) electrons. The van der Waals surface area contributed by atoms with E-state index in [1.54, 1.807) is 12.1 Å². The van der Waals surface area contributed by atoms with Gasteiger partial charge >= 0.3 is 0 Å². The van der Waals surface area contributed by atoms with Crippen molar-refractivity contribution in [3.05, 3.63) is 114 Å². The lowest BCUT2D eigenvalue weighted by Crippen LogP contribution is -2.10. The summed E-state index contributed by atoms with van der Waals surface area (Å²) in [6.45, 7) is 24.7. The van der Waals surface area contributed by atoms with Crippen LogP contribution < -0.4 is 0 Å². The molecule has 3 heteroatoms. The third-order valence-corrected chi connectivity index (χ3v) is 5.96. The Morgan fingerprint density at radius 1 is 0.816 bits per heavy atom. The first-order valence-electron chi connectivity index (χ1n) is 13.4. The van der Waals surface area contributed by atoms with Gasteiger partial charge in [-0.2, -0.15) is 0 Å². The fourth-order valence-electron chi connectivity index (χ4n) is 4.31. The first-order valence-corrected chi connectivity index (χ1v) is 13.4. The molecule has 0 aliphatic heterocycles. The highest BCUT2D eigenvalue weighted by atomic mass is 19.1. The highest BCUT2D eigenvalue weighted by Crippen LogP contribution is 2.27. The van der Waals surface area contributed by atoms with E-state index in [1.807, 2.05) is 32.9 Å². The molecule has 0 aliphatic carbocycles. The Kier molecular flexibility index (Phi) is 11.1. The van der Waals surface area contributed by atoms with Crippen molar-refractivity contribution in [2.75, 3.05) is 0 Å². The van der Waals surface area contributed by atoms with Gasteiger partial charge in [-0.3, -0.25) is 0 Å². The maximum absolute atomic E-state index is 14.4. The van der Waals surface area contributed by atoms with Crippen molar-refractivity contribution < 1.29 is 4.39 Å². The average Bonchev–Trinajstić information content (AvgIpc) is 2.88. The molecule has 0 fully saturated rings. The number of nitrogens with zero attached hydrogens (tertiary/aromatic N) is 2. The first kappa shape index (κ1) is 30.6. The number of rotatable bonds is 6. The van der Waals surface area contributed by atoms with Gasteiger partial charge in [-0.15, -0.1) is 13.2 Å². The summed E-state index contributed by atoms with van der Waals surface area (Å²) in [4.78, 5) is 10.0. The van der Waals surface area contributed by atoms with Gasteiger partial charge in [-0.25, -0.2) is 14.4 Å². The number of fused-ring (bicyclic) bond motifs is 1. The molecule has 0 unspecified atom stereocenters. The van der Waals surface area contributed by atoms with Crippen molar-refractivity contribution in [1.82, 2.24) is 9.97 Å². The van der Waals surface area contributed by atoms with Crippen LogP contribution in [-0.4, -0.2) is 9.97 Å². The molecule has 0 atom stereocenters. The van der Waals surface area contributed by atoms with Crippen LogP contribution in [0.4, 0.5) is 4.39 Å². The number of halogens is 1. The summed E-state index contributed by atoms with van der Waals surface area (Å²) in [5, 5.41) is 0. The van der Waals surface area contributed by atoms with Gasteiger partial charge < -0.3 is 0 Å². The lowest BCUT2D eigenvalue weighted by Gasteiger charge is -2.19. The zero-order valence-corrected chi connectivity index (χ0v) is 24.3. The van der Waals surface area contributed by atoms with Crippen LogP contribution in [0.15, 0.2) is 80.4 Å². The molecule has 0 aliphatic rings. The second kappa shape index (κ2) is 13.8. The Labute approximate surface area is 229 Å². The predicted molar refractivity (Wildman–Crippen MR) is 164 cm³/mol. The summed E-state index contributed by atoms with van der Waals surface area (Å²) in [7, 11) is 0.